The minimum Gasteiger partial charge on any atom is -0.507 e. The summed E-state index contributed by atoms with van der Waals surface area (Å²) in [6, 6.07) is 14.2. The molecule has 4 rings (SSSR count). The van der Waals surface area contributed by atoms with E-state index in [0.717, 1.165) is 5.56 Å². The van der Waals surface area contributed by atoms with Crippen LogP contribution >= 0.6 is 23.2 Å². The molecule has 1 amide bonds. The minimum absolute atomic E-state index is 0.00906. The number of aliphatic hydroxyl groups excluding tert-OH is 1. The number of halogens is 2. The number of rotatable bonds is 3. The first-order valence-electron chi connectivity index (χ1n) is 9.11. The number of carbonyl (C=O) groups is 2. The van der Waals surface area contributed by atoms with Gasteiger partial charge in [0.2, 0.25) is 0 Å². The molecule has 2 heterocycles. The van der Waals surface area contributed by atoms with Gasteiger partial charge in [-0.05, 0) is 54.4 Å². The normalized spacial score (nSPS) is 18.1. The van der Waals surface area contributed by atoms with Crippen LogP contribution in [0, 0.1) is 6.92 Å². The number of nitrogens with zero attached hydrogens (tertiary/aromatic N) is 2. The highest BCUT2D eigenvalue weighted by Gasteiger charge is 2.47. The van der Waals surface area contributed by atoms with Crippen LogP contribution < -0.4 is 4.90 Å². The van der Waals surface area contributed by atoms with Crippen molar-refractivity contribution in [1.29, 1.82) is 0 Å². The van der Waals surface area contributed by atoms with Crippen molar-refractivity contribution in [2.45, 2.75) is 13.0 Å². The van der Waals surface area contributed by atoms with Gasteiger partial charge in [0.05, 0.1) is 11.6 Å². The quantitative estimate of drug-likeness (QED) is 0.341. The molecule has 7 heteroatoms. The molecule has 2 aromatic carbocycles. The molecule has 0 saturated carbocycles. The zero-order valence-electron chi connectivity index (χ0n) is 15.8. The lowest BCUT2D eigenvalue weighted by atomic mass is 9.95. The molecule has 0 aliphatic carbocycles. The smallest absolute Gasteiger partial charge is 0.300 e. The molecule has 0 radical (unpaired) electrons. The number of anilines is 1. The van der Waals surface area contributed by atoms with E-state index < -0.39 is 17.7 Å². The Balaban J connectivity index is 1.95. The number of amides is 1. The summed E-state index contributed by atoms with van der Waals surface area (Å²) in [5.41, 5.74) is 2.32. The maximum absolute atomic E-state index is 13.0. The van der Waals surface area contributed by atoms with Gasteiger partial charge in [-0.2, -0.15) is 0 Å². The third-order valence-corrected chi connectivity index (χ3v) is 5.68. The summed E-state index contributed by atoms with van der Waals surface area (Å²) >= 11 is 12.3. The summed E-state index contributed by atoms with van der Waals surface area (Å²) < 4.78 is 0. The summed E-state index contributed by atoms with van der Waals surface area (Å²) in [5, 5.41) is 11.9. The molecule has 1 saturated heterocycles. The van der Waals surface area contributed by atoms with Crippen molar-refractivity contribution < 1.29 is 14.7 Å². The number of ketones is 1. The Kier molecular flexibility index (Phi) is 5.33. The van der Waals surface area contributed by atoms with Crippen molar-refractivity contribution in [2.24, 2.45) is 0 Å². The fourth-order valence-electron chi connectivity index (χ4n) is 3.46. The highest BCUT2D eigenvalue weighted by atomic mass is 35.5. The molecule has 150 valence electrons. The Morgan fingerprint density at radius 3 is 2.30 bits per heavy atom. The third kappa shape index (κ3) is 3.47. The van der Waals surface area contributed by atoms with Crippen LogP contribution in [-0.2, 0) is 9.59 Å². The number of hydrogen-bond donors (Lipinski definition) is 1. The van der Waals surface area contributed by atoms with Gasteiger partial charge in [-0.15, -0.1) is 0 Å². The summed E-state index contributed by atoms with van der Waals surface area (Å²) in [7, 11) is 0. The molecule has 1 N–H and O–H groups in total. The van der Waals surface area contributed by atoms with Gasteiger partial charge in [0.1, 0.15) is 5.76 Å². The number of aryl methyl sites for hydroxylation is 1. The molecule has 0 bridgehead atoms. The Bertz CT molecular complexity index is 1170. The van der Waals surface area contributed by atoms with Crippen molar-refractivity contribution in [2.75, 3.05) is 4.90 Å². The van der Waals surface area contributed by atoms with E-state index in [1.165, 1.54) is 17.3 Å². The number of Topliss-reactive ketones (excluding diaryl/α,β-unsaturated/α-hetero) is 1. The molecule has 0 spiro atoms. The van der Waals surface area contributed by atoms with Crippen molar-refractivity contribution in [1.82, 2.24) is 4.98 Å². The van der Waals surface area contributed by atoms with Crippen LogP contribution in [0.1, 0.15) is 22.7 Å². The van der Waals surface area contributed by atoms with Crippen LogP contribution in [-0.4, -0.2) is 21.8 Å². The van der Waals surface area contributed by atoms with E-state index in [1.807, 2.05) is 6.92 Å². The van der Waals surface area contributed by atoms with E-state index in [4.69, 9.17) is 23.2 Å². The van der Waals surface area contributed by atoms with E-state index in [9.17, 15) is 14.7 Å². The predicted molar refractivity (Wildman–Crippen MR) is 117 cm³/mol. The SMILES string of the molecule is Cc1ccc(N2C(=O)C(=O)/C(=C(/O)c3ccncc3)C2c2ccc(Cl)cc2)cc1Cl. The van der Waals surface area contributed by atoms with E-state index in [2.05, 4.69) is 4.98 Å². The fourth-order valence-corrected chi connectivity index (χ4v) is 3.76. The van der Waals surface area contributed by atoms with Gasteiger partial charge in [-0.25, -0.2) is 0 Å². The summed E-state index contributed by atoms with van der Waals surface area (Å²) in [6.45, 7) is 1.85. The lowest BCUT2D eigenvalue weighted by Crippen LogP contribution is -2.29. The number of benzene rings is 2. The van der Waals surface area contributed by atoms with Gasteiger partial charge in [-0.3, -0.25) is 19.5 Å². The van der Waals surface area contributed by atoms with Crippen LogP contribution in [0.15, 0.2) is 72.6 Å². The number of hydrogen-bond acceptors (Lipinski definition) is 4. The molecular weight excluding hydrogens is 423 g/mol. The monoisotopic (exact) mass is 438 g/mol. The first-order chi connectivity index (χ1) is 14.4. The lowest BCUT2D eigenvalue weighted by molar-refractivity contribution is -0.132. The predicted octanol–water partition coefficient (Wildman–Crippen LogP) is 5.32. The molecule has 3 aromatic rings. The van der Waals surface area contributed by atoms with Crippen molar-refractivity contribution in [3.63, 3.8) is 0 Å². The topological polar surface area (TPSA) is 70.5 Å². The van der Waals surface area contributed by atoms with Crippen LogP contribution in [0.5, 0.6) is 0 Å². The van der Waals surface area contributed by atoms with Gasteiger partial charge < -0.3 is 5.11 Å². The van der Waals surface area contributed by atoms with E-state index in [0.29, 0.717) is 26.9 Å². The second-order valence-electron chi connectivity index (χ2n) is 6.89. The van der Waals surface area contributed by atoms with E-state index in [-0.39, 0.29) is 11.3 Å². The average molecular weight is 439 g/mol. The lowest BCUT2D eigenvalue weighted by Gasteiger charge is -2.26. The van der Waals surface area contributed by atoms with Crippen LogP contribution in [0.2, 0.25) is 10.0 Å². The summed E-state index contributed by atoms with van der Waals surface area (Å²) in [4.78, 5) is 31.4. The highest BCUT2D eigenvalue weighted by Crippen LogP contribution is 2.43. The number of carbonyl (C=O) groups excluding carboxylic acids is 2. The summed E-state index contributed by atoms with van der Waals surface area (Å²) in [6.07, 6.45) is 3.00. The number of aliphatic hydroxyl groups is 1. The highest BCUT2D eigenvalue weighted by molar-refractivity contribution is 6.51. The molecule has 1 unspecified atom stereocenters. The maximum Gasteiger partial charge on any atom is 0.300 e. The van der Waals surface area contributed by atoms with Crippen molar-refractivity contribution >= 4 is 46.3 Å². The van der Waals surface area contributed by atoms with Crippen LogP contribution in [0.4, 0.5) is 5.69 Å². The Morgan fingerprint density at radius 2 is 1.67 bits per heavy atom. The van der Waals surface area contributed by atoms with Gasteiger partial charge in [0, 0.05) is 33.7 Å². The fraction of sp³-hybridized carbons (Fsp3) is 0.0870. The Morgan fingerprint density at radius 1 is 1.00 bits per heavy atom. The second-order valence-corrected chi connectivity index (χ2v) is 7.73. The molecule has 1 atom stereocenters. The van der Waals surface area contributed by atoms with E-state index >= 15 is 0 Å². The van der Waals surface area contributed by atoms with Crippen molar-refractivity contribution in [3.05, 3.63) is 99.3 Å². The van der Waals surface area contributed by atoms with Gasteiger partial charge >= 0.3 is 0 Å². The zero-order chi connectivity index (χ0) is 21.4. The zero-order valence-corrected chi connectivity index (χ0v) is 17.4. The average Bonchev–Trinajstić information content (AvgIpc) is 3.01. The molecule has 1 aromatic heterocycles. The first-order valence-corrected chi connectivity index (χ1v) is 9.87. The van der Waals surface area contributed by atoms with Crippen LogP contribution in [0.25, 0.3) is 5.76 Å². The van der Waals surface area contributed by atoms with Gasteiger partial charge in [-0.1, -0.05) is 41.4 Å². The molecule has 1 fully saturated rings. The molecule has 5 nitrogen and oxygen atoms in total. The summed E-state index contributed by atoms with van der Waals surface area (Å²) in [5.74, 6) is -1.79. The largest absolute Gasteiger partial charge is 0.507 e. The van der Waals surface area contributed by atoms with E-state index in [1.54, 1.807) is 54.6 Å². The minimum atomic E-state index is -0.839. The standard InChI is InChI=1S/C23H16Cl2N2O3/c1-13-2-7-17(12-18(13)25)27-20(14-3-5-16(24)6-4-14)19(22(29)23(27)30)21(28)15-8-10-26-11-9-15/h2-12,20,28H,1H3/b21-19+. The van der Waals surface area contributed by atoms with Gasteiger partial charge in [0.25, 0.3) is 11.7 Å². The Labute approximate surface area is 183 Å². The Hall–Kier alpha value is -3.15. The molecule has 1 aliphatic heterocycles. The van der Waals surface area contributed by atoms with Gasteiger partial charge in [0.15, 0.2) is 0 Å². The number of aromatic nitrogens is 1. The first kappa shape index (κ1) is 20.1. The molecule has 1 aliphatic rings. The third-order valence-electron chi connectivity index (χ3n) is 5.02. The van der Waals surface area contributed by atoms with Crippen LogP contribution in [0.3, 0.4) is 0 Å². The maximum atomic E-state index is 13.0. The second kappa shape index (κ2) is 7.94. The van der Waals surface area contributed by atoms with Crippen molar-refractivity contribution in [3.8, 4) is 0 Å². The molecule has 30 heavy (non-hydrogen) atoms. The number of pyridine rings is 1. The molecular formula is C23H16Cl2N2O3.